The quantitative estimate of drug-likeness (QED) is 0.869. The number of anilines is 1. The second-order valence-corrected chi connectivity index (χ2v) is 5.73. The molecule has 1 aromatic heterocycles. The van der Waals surface area contributed by atoms with Gasteiger partial charge >= 0.3 is 0 Å². The molecule has 0 N–H and O–H groups in total. The Kier molecular flexibility index (Phi) is 4.36. The van der Waals surface area contributed by atoms with Crippen LogP contribution >= 0.6 is 11.6 Å². The largest absolute Gasteiger partial charge is 0.310 e. The minimum Gasteiger partial charge on any atom is -0.310 e. The van der Waals surface area contributed by atoms with Crippen molar-refractivity contribution in [1.82, 2.24) is 14.9 Å². The van der Waals surface area contributed by atoms with Crippen molar-refractivity contribution in [2.45, 2.75) is 19.0 Å². The summed E-state index contributed by atoms with van der Waals surface area (Å²) in [5.74, 6) is 0.792. The molecule has 6 heteroatoms. The molecular formula is C16H17ClN4O. The lowest BCUT2D eigenvalue weighted by Gasteiger charge is -2.23. The van der Waals surface area contributed by atoms with Crippen LogP contribution in [0.3, 0.4) is 0 Å². The summed E-state index contributed by atoms with van der Waals surface area (Å²) in [6.45, 7) is 1.22. The highest BCUT2D eigenvalue weighted by Crippen LogP contribution is 2.30. The minimum absolute atomic E-state index is 0.0755. The van der Waals surface area contributed by atoms with Crippen molar-refractivity contribution in [1.29, 1.82) is 0 Å². The minimum atomic E-state index is -0.167. The highest BCUT2D eigenvalue weighted by molar-refractivity contribution is 6.33. The van der Waals surface area contributed by atoms with Crippen LogP contribution in [0, 0.1) is 0 Å². The van der Waals surface area contributed by atoms with Crippen LogP contribution in [0.1, 0.15) is 12.2 Å². The summed E-state index contributed by atoms with van der Waals surface area (Å²) in [4.78, 5) is 24.8. The molecular weight excluding hydrogens is 300 g/mol. The fourth-order valence-electron chi connectivity index (χ4n) is 2.73. The molecule has 5 nitrogen and oxygen atoms in total. The highest BCUT2D eigenvalue weighted by Gasteiger charge is 2.36. The Morgan fingerprint density at radius 3 is 2.73 bits per heavy atom. The fraction of sp³-hybridized carbons (Fsp3) is 0.312. The van der Waals surface area contributed by atoms with E-state index < -0.39 is 0 Å². The molecule has 3 rings (SSSR count). The van der Waals surface area contributed by atoms with Gasteiger partial charge in [-0.15, -0.1) is 0 Å². The lowest BCUT2D eigenvalue weighted by molar-refractivity contribution is -0.121. The van der Waals surface area contributed by atoms with Crippen molar-refractivity contribution in [2.24, 2.45) is 0 Å². The van der Waals surface area contributed by atoms with Crippen molar-refractivity contribution >= 4 is 23.2 Å². The number of likely N-dealkylation sites (N-methyl/N-ethyl adjacent to an activating group) is 1. The molecule has 0 radical (unpaired) electrons. The maximum Gasteiger partial charge on any atom is 0.244 e. The van der Waals surface area contributed by atoms with Crippen LogP contribution in [0.15, 0.2) is 42.7 Å². The van der Waals surface area contributed by atoms with E-state index in [0.717, 1.165) is 12.1 Å². The van der Waals surface area contributed by atoms with E-state index in [0.29, 0.717) is 23.9 Å². The number of aromatic nitrogens is 2. The van der Waals surface area contributed by atoms with Gasteiger partial charge in [-0.25, -0.2) is 9.97 Å². The predicted molar refractivity (Wildman–Crippen MR) is 85.7 cm³/mol. The summed E-state index contributed by atoms with van der Waals surface area (Å²) in [6, 6.07) is 9.05. The second kappa shape index (κ2) is 6.42. The predicted octanol–water partition coefficient (Wildman–Crippen LogP) is 2.37. The van der Waals surface area contributed by atoms with Crippen molar-refractivity contribution < 1.29 is 4.79 Å². The lowest BCUT2D eigenvalue weighted by atomic mass is 10.2. The third-order valence-corrected chi connectivity index (χ3v) is 4.18. The standard InChI is InChI=1S/C16H17ClN4O/c1-20(11-15-18-8-4-9-19-15)14-7-10-21(16(14)22)13-6-3-2-5-12(13)17/h2-6,8-9,14H,7,10-11H2,1H3. The van der Waals surface area contributed by atoms with Crippen LogP contribution in [0.25, 0.3) is 0 Å². The van der Waals surface area contributed by atoms with Gasteiger partial charge in [-0.3, -0.25) is 9.69 Å². The van der Waals surface area contributed by atoms with Gasteiger partial charge < -0.3 is 4.90 Å². The van der Waals surface area contributed by atoms with Crippen LogP contribution in [0.4, 0.5) is 5.69 Å². The molecule has 0 bridgehead atoms. The number of rotatable bonds is 4. The van der Waals surface area contributed by atoms with E-state index in [1.807, 2.05) is 30.1 Å². The molecule has 1 unspecified atom stereocenters. The molecule has 1 amide bonds. The van der Waals surface area contributed by atoms with Crippen LogP contribution in [-0.2, 0) is 11.3 Å². The molecule has 1 aliphatic heterocycles. The molecule has 1 aliphatic rings. The lowest BCUT2D eigenvalue weighted by Crippen LogP contribution is -2.39. The molecule has 0 spiro atoms. The Morgan fingerprint density at radius 2 is 2.00 bits per heavy atom. The van der Waals surface area contributed by atoms with E-state index in [9.17, 15) is 4.79 Å². The zero-order chi connectivity index (χ0) is 15.5. The Morgan fingerprint density at radius 1 is 1.27 bits per heavy atom. The molecule has 1 aromatic carbocycles. The number of carbonyl (C=O) groups is 1. The number of amides is 1. The van der Waals surface area contributed by atoms with Crippen molar-refractivity contribution in [3.63, 3.8) is 0 Å². The first-order chi connectivity index (χ1) is 10.7. The zero-order valence-electron chi connectivity index (χ0n) is 12.3. The van der Waals surface area contributed by atoms with E-state index in [4.69, 9.17) is 11.6 Å². The monoisotopic (exact) mass is 316 g/mol. The Bertz CT molecular complexity index is 664. The van der Waals surface area contributed by atoms with Crippen LogP contribution in [0.5, 0.6) is 0 Å². The first-order valence-electron chi connectivity index (χ1n) is 7.19. The van der Waals surface area contributed by atoms with Crippen molar-refractivity contribution in [3.05, 3.63) is 53.6 Å². The molecule has 114 valence electrons. The van der Waals surface area contributed by atoms with Gasteiger partial charge in [0.05, 0.1) is 23.3 Å². The molecule has 1 saturated heterocycles. The molecule has 2 heterocycles. The van der Waals surface area contributed by atoms with Crippen molar-refractivity contribution in [3.8, 4) is 0 Å². The topological polar surface area (TPSA) is 49.3 Å². The maximum atomic E-state index is 12.7. The number of halogens is 1. The molecule has 1 fully saturated rings. The summed E-state index contributed by atoms with van der Waals surface area (Å²) in [7, 11) is 1.93. The molecule has 2 aromatic rings. The maximum absolute atomic E-state index is 12.7. The average molecular weight is 317 g/mol. The molecule has 0 aliphatic carbocycles. The first-order valence-corrected chi connectivity index (χ1v) is 7.56. The normalized spacial score (nSPS) is 18.2. The third kappa shape index (κ3) is 2.96. The summed E-state index contributed by atoms with van der Waals surface area (Å²) < 4.78 is 0. The number of nitrogens with zero attached hydrogens (tertiary/aromatic N) is 4. The number of hydrogen-bond donors (Lipinski definition) is 0. The van der Waals surface area contributed by atoms with Crippen molar-refractivity contribution in [2.75, 3.05) is 18.5 Å². The zero-order valence-corrected chi connectivity index (χ0v) is 13.1. The number of benzene rings is 1. The van der Waals surface area contributed by atoms with Gasteiger partial charge in [-0.05, 0) is 31.7 Å². The van der Waals surface area contributed by atoms with E-state index >= 15 is 0 Å². The number of para-hydroxylation sites is 1. The summed E-state index contributed by atoms with van der Waals surface area (Å²) in [6.07, 6.45) is 4.19. The van der Waals surface area contributed by atoms with E-state index in [1.54, 1.807) is 29.4 Å². The van der Waals surface area contributed by atoms with E-state index in [1.165, 1.54) is 0 Å². The fourth-order valence-corrected chi connectivity index (χ4v) is 2.97. The van der Waals surface area contributed by atoms with Crippen LogP contribution in [-0.4, -0.2) is 40.4 Å². The Balaban J connectivity index is 1.72. The smallest absolute Gasteiger partial charge is 0.244 e. The SMILES string of the molecule is CN(Cc1ncccn1)C1CCN(c2ccccc2Cl)C1=O. The van der Waals surface area contributed by atoms with Gasteiger partial charge in [-0.2, -0.15) is 0 Å². The van der Waals surface area contributed by atoms with Gasteiger partial charge in [0.15, 0.2) is 0 Å². The molecule has 0 saturated carbocycles. The molecule has 1 atom stereocenters. The van der Waals surface area contributed by atoms with Gasteiger partial charge in [0.1, 0.15) is 5.82 Å². The summed E-state index contributed by atoms with van der Waals surface area (Å²) in [5, 5.41) is 0.602. The number of hydrogen-bond acceptors (Lipinski definition) is 4. The van der Waals surface area contributed by atoms with Crippen LogP contribution in [0.2, 0.25) is 5.02 Å². The van der Waals surface area contributed by atoms with Gasteiger partial charge in [0, 0.05) is 18.9 Å². The Labute approximate surface area is 134 Å². The van der Waals surface area contributed by atoms with Gasteiger partial charge in [-0.1, -0.05) is 23.7 Å². The van der Waals surface area contributed by atoms with E-state index in [-0.39, 0.29) is 11.9 Å². The second-order valence-electron chi connectivity index (χ2n) is 5.33. The summed E-state index contributed by atoms with van der Waals surface area (Å²) in [5.41, 5.74) is 0.779. The first kappa shape index (κ1) is 14.9. The van der Waals surface area contributed by atoms with Gasteiger partial charge in [0.2, 0.25) is 5.91 Å². The van der Waals surface area contributed by atoms with Gasteiger partial charge in [0.25, 0.3) is 0 Å². The third-order valence-electron chi connectivity index (χ3n) is 3.86. The Hall–Kier alpha value is -1.98. The summed E-state index contributed by atoms with van der Waals surface area (Å²) >= 11 is 6.20. The number of carbonyl (C=O) groups excluding carboxylic acids is 1. The van der Waals surface area contributed by atoms with E-state index in [2.05, 4.69) is 9.97 Å². The average Bonchev–Trinajstić information content (AvgIpc) is 2.90. The molecule has 22 heavy (non-hydrogen) atoms. The van der Waals surface area contributed by atoms with Crippen LogP contribution < -0.4 is 4.90 Å². The highest BCUT2D eigenvalue weighted by atomic mass is 35.5.